The molecule has 5 rings (SSSR count). The van der Waals surface area contributed by atoms with Crippen molar-refractivity contribution < 1.29 is 14.0 Å². The van der Waals surface area contributed by atoms with E-state index in [1.165, 1.54) is 0 Å². The highest BCUT2D eigenvalue weighted by molar-refractivity contribution is 6.04. The normalized spacial score (nSPS) is 19.9. The Balaban J connectivity index is 1.40. The number of hydrogen-bond acceptors (Lipinski definition) is 7. The van der Waals surface area contributed by atoms with Crippen LogP contribution in [0.25, 0.3) is 0 Å². The second kappa shape index (κ2) is 14.9. The Labute approximate surface area is 269 Å². The molecule has 2 aromatic carbocycles. The zero-order valence-electron chi connectivity index (χ0n) is 26.4. The monoisotopic (exact) mass is 624 g/mol. The summed E-state index contributed by atoms with van der Waals surface area (Å²) in [5.74, 6) is -1.28. The van der Waals surface area contributed by atoms with Crippen LogP contribution in [0.15, 0.2) is 79.3 Å². The van der Waals surface area contributed by atoms with Gasteiger partial charge >= 0.3 is 6.03 Å². The van der Waals surface area contributed by atoms with Crippen LogP contribution in [-0.2, 0) is 11.3 Å². The Morgan fingerprint density at radius 3 is 2.50 bits per heavy atom. The van der Waals surface area contributed by atoms with Crippen LogP contribution in [0.5, 0.6) is 0 Å². The number of nitrogens with one attached hydrogen (secondary N) is 3. The zero-order chi connectivity index (χ0) is 32.6. The van der Waals surface area contributed by atoms with Crippen molar-refractivity contribution in [3.8, 4) is 6.07 Å². The van der Waals surface area contributed by atoms with Gasteiger partial charge in [-0.3, -0.25) is 9.69 Å². The van der Waals surface area contributed by atoms with Crippen molar-refractivity contribution >= 4 is 34.8 Å². The first-order valence-corrected chi connectivity index (χ1v) is 15.7. The van der Waals surface area contributed by atoms with E-state index < -0.39 is 11.7 Å². The van der Waals surface area contributed by atoms with E-state index in [0.717, 1.165) is 56.6 Å². The van der Waals surface area contributed by atoms with Crippen LogP contribution in [0.3, 0.4) is 0 Å². The molecule has 3 amide bonds. The van der Waals surface area contributed by atoms with Gasteiger partial charge in [0, 0.05) is 56.2 Å². The molecule has 1 saturated heterocycles. The van der Waals surface area contributed by atoms with Crippen molar-refractivity contribution in [3.05, 3.63) is 90.4 Å². The highest BCUT2D eigenvalue weighted by atomic mass is 19.1. The van der Waals surface area contributed by atoms with Crippen LogP contribution in [-0.4, -0.2) is 66.6 Å². The Morgan fingerprint density at radius 2 is 1.85 bits per heavy atom. The maximum atomic E-state index is 13.9. The van der Waals surface area contributed by atoms with Crippen molar-refractivity contribution in [1.29, 1.82) is 5.26 Å². The first-order chi connectivity index (χ1) is 22.2. The molecule has 11 heteroatoms. The molecule has 3 aromatic rings. The highest BCUT2D eigenvalue weighted by Crippen LogP contribution is 2.36. The molecule has 1 aliphatic heterocycles. The third-order valence-corrected chi connectivity index (χ3v) is 8.87. The lowest BCUT2D eigenvalue weighted by Crippen LogP contribution is -2.50. The number of pyridine rings is 1. The number of carbonyl (C=O) groups is 2. The van der Waals surface area contributed by atoms with E-state index in [2.05, 4.69) is 57.4 Å². The number of piperazine rings is 1. The van der Waals surface area contributed by atoms with Crippen molar-refractivity contribution in [2.75, 3.05) is 47.1 Å². The summed E-state index contributed by atoms with van der Waals surface area (Å²) >= 11 is 0. The number of amides is 3. The molecule has 3 N–H and O–H groups in total. The number of carbonyl (C=O) groups excluding carboxylic acids is 2. The summed E-state index contributed by atoms with van der Waals surface area (Å²) in [5.41, 5.74) is 3.30. The van der Waals surface area contributed by atoms with E-state index in [9.17, 15) is 14.0 Å². The minimum Gasteiger partial charge on any atom is -0.367 e. The molecule has 240 valence electrons. The van der Waals surface area contributed by atoms with Gasteiger partial charge in [0.25, 0.3) is 5.91 Å². The molecule has 1 aliphatic carbocycles. The molecule has 0 radical (unpaired) electrons. The number of aromatic nitrogens is 1. The van der Waals surface area contributed by atoms with Gasteiger partial charge in [-0.1, -0.05) is 36.9 Å². The van der Waals surface area contributed by atoms with Gasteiger partial charge < -0.3 is 25.8 Å². The first kappa shape index (κ1) is 32.4. The van der Waals surface area contributed by atoms with E-state index >= 15 is 0 Å². The van der Waals surface area contributed by atoms with Crippen molar-refractivity contribution in [2.24, 2.45) is 0 Å². The van der Waals surface area contributed by atoms with Gasteiger partial charge in [0.05, 0.1) is 16.9 Å². The van der Waals surface area contributed by atoms with Crippen LogP contribution in [0.1, 0.15) is 43.7 Å². The predicted octanol–water partition coefficient (Wildman–Crippen LogP) is 5.65. The number of benzene rings is 2. The molecule has 2 aliphatic rings. The number of nitrogens with zero attached hydrogens (tertiary/aromatic N) is 5. The maximum absolute atomic E-state index is 13.9. The quantitative estimate of drug-likeness (QED) is 0.263. The van der Waals surface area contributed by atoms with Crippen LogP contribution in [0.2, 0.25) is 0 Å². The van der Waals surface area contributed by atoms with Crippen LogP contribution in [0, 0.1) is 11.3 Å². The van der Waals surface area contributed by atoms with Gasteiger partial charge in [0.2, 0.25) is 0 Å². The van der Waals surface area contributed by atoms with Gasteiger partial charge in [-0.05, 0) is 75.5 Å². The third kappa shape index (κ3) is 8.00. The highest BCUT2D eigenvalue weighted by Gasteiger charge is 2.32. The molecule has 1 atom stereocenters. The lowest BCUT2D eigenvalue weighted by atomic mass is 9.89. The number of nitriles is 1. The van der Waals surface area contributed by atoms with E-state index in [-0.39, 0.29) is 24.2 Å². The van der Waals surface area contributed by atoms with Crippen LogP contribution < -0.4 is 25.8 Å². The van der Waals surface area contributed by atoms with Crippen molar-refractivity contribution in [2.45, 2.75) is 57.3 Å². The summed E-state index contributed by atoms with van der Waals surface area (Å²) in [5, 5.41) is 18.3. The SMILES string of the molecule is C=C(F)C(=O)Nc1cc(N(C(=O)NCc2ccccc2)C2CCC(Nc3ccc(C#N)cn3)CC2)ccc1N1CCN(C)[C@@H](C)C1. The standard InChI is InChI=1S/C35H41FN8O2/c1-24-23-43(18-17-42(24)3)32-15-14-30(19-31(32)41-34(45)25(2)36)44(35(46)39-21-26-7-5-4-6-8-26)29-12-10-28(11-13-29)40-33-16-9-27(20-37)22-38-33/h4-9,14-16,19,22,24,28-29H,2,10-13,17-18,21,23H2,1,3H3,(H,38,40)(H,39,46)(H,41,45)/t24-,28?,29?/m0/s1. The van der Waals surface area contributed by atoms with Gasteiger partial charge in [-0.25, -0.2) is 14.2 Å². The summed E-state index contributed by atoms with van der Waals surface area (Å²) in [4.78, 5) is 37.0. The molecular formula is C35H41FN8O2. The van der Waals surface area contributed by atoms with Gasteiger partial charge in [-0.2, -0.15) is 5.26 Å². The van der Waals surface area contributed by atoms with E-state index in [4.69, 9.17) is 5.26 Å². The number of likely N-dealkylation sites (N-methyl/N-ethyl adjacent to an activating group) is 1. The van der Waals surface area contributed by atoms with Gasteiger partial charge in [-0.15, -0.1) is 0 Å². The van der Waals surface area contributed by atoms with Crippen LogP contribution in [0.4, 0.5) is 32.1 Å². The van der Waals surface area contributed by atoms with Gasteiger partial charge in [0.15, 0.2) is 5.83 Å². The Hall–Kier alpha value is -4.95. The van der Waals surface area contributed by atoms with Gasteiger partial charge in [0.1, 0.15) is 11.9 Å². The molecule has 1 aromatic heterocycles. The molecule has 46 heavy (non-hydrogen) atoms. The average Bonchev–Trinajstić information content (AvgIpc) is 3.07. The number of rotatable bonds is 9. The fraction of sp³-hybridized carbons (Fsp3) is 0.371. The smallest absolute Gasteiger partial charge is 0.322 e. The Morgan fingerprint density at radius 1 is 1.09 bits per heavy atom. The van der Waals surface area contributed by atoms with E-state index in [1.807, 2.05) is 42.5 Å². The molecule has 10 nitrogen and oxygen atoms in total. The molecule has 1 saturated carbocycles. The summed E-state index contributed by atoms with van der Waals surface area (Å²) in [6, 6.07) is 21.0. The summed E-state index contributed by atoms with van der Waals surface area (Å²) in [6.07, 6.45) is 4.61. The largest absolute Gasteiger partial charge is 0.367 e. The molecule has 2 heterocycles. The van der Waals surface area contributed by atoms with Crippen molar-refractivity contribution in [3.63, 3.8) is 0 Å². The number of halogens is 1. The predicted molar refractivity (Wildman–Crippen MR) is 179 cm³/mol. The fourth-order valence-electron chi connectivity index (χ4n) is 6.09. The summed E-state index contributed by atoms with van der Waals surface area (Å²) < 4.78 is 13.9. The number of anilines is 4. The lowest BCUT2D eigenvalue weighted by Gasteiger charge is -2.40. The third-order valence-electron chi connectivity index (χ3n) is 8.87. The fourth-order valence-corrected chi connectivity index (χ4v) is 6.09. The molecular weight excluding hydrogens is 583 g/mol. The second-order valence-corrected chi connectivity index (χ2v) is 12.0. The molecule has 0 unspecified atom stereocenters. The minimum absolute atomic E-state index is 0.114. The zero-order valence-corrected chi connectivity index (χ0v) is 26.4. The molecule has 0 bridgehead atoms. The minimum atomic E-state index is -1.08. The maximum Gasteiger partial charge on any atom is 0.322 e. The van der Waals surface area contributed by atoms with Crippen molar-refractivity contribution in [1.82, 2.24) is 15.2 Å². The Kier molecular flexibility index (Phi) is 10.5. The summed E-state index contributed by atoms with van der Waals surface area (Å²) in [6.45, 7) is 8.00. The number of urea groups is 1. The average molecular weight is 625 g/mol. The first-order valence-electron chi connectivity index (χ1n) is 15.7. The van der Waals surface area contributed by atoms with E-state index in [1.54, 1.807) is 29.3 Å². The topological polar surface area (TPSA) is 117 Å². The second-order valence-electron chi connectivity index (χ2n) is 12.0. The summed E-state index contributed by atoms with van der Waals surface area (Å²) in [7, 11) is 2.08. The number of hydrogen-bond donors (Lipinski definition) is 3. The van der Waals surface area contributed by atoms with Crippen LogP contribution >= 0.6 is 0 Å². The lowest BCUT2D eigenvalue weighted by molar-refractivity contribution is -0.114. The Bertz CT molecular complexity index is 1570. The van der Waals surface area contributed by atoms with E-state index in [0.29, 0.717) is 29.3 Å². The molecule has 2 fully saturated rings. The molecule has 0 spiro atoms.